The first-order chi connectivity index (χ1) is 10.4. The van der Waals surface area contributed by atoms with Gasteiger partial charge < -0.3 is 12.4 Å². The normalized spacial score (nSPS) is 9.82. The molecule has 2 aromatic carbocycles. The number of pyridine rings is 1. The van der Waals surface area contributed by atoms with Crippen molar-refractivity contribution in [1.82, 2.24) is 0 Å². The second-order valence-corrected chi connectivity index (χ2v) is 5.02. The summed E-state index contributed by atoms with van der Waals surface area (Å²) >= 11 is 0. The third kappa shape index (κ3) is 3.63. The molecule has 3 rings (SSSR count). The Morgan fingerprint density at radius 1 is 0.818 bits per heavy atom. The van der Waals surface area contributed by atoms with Gasteiger partial charge in [0, 0.05) is 12.1 Å². The molecule has 0 aliphatic carbocycles. The van der Waals surface area contributed by atoms with Gasteiger partial charge in [-0.25, -0.2) is 0 Å². The van der Waals surface area contributed by atoms with Crippen molar-refractivity contribution in [3.05, 3.63) is 96.8 Å². The van der Waals surface area contributed by atoms with Crippen molar-refractivity contribution in [1.29, 1.82) is 0 Å². The van der Waals surface area contributed by atoms with Gasteiger partial charge in [0.1, 0.15) is 0 Å². The number of hydrogen-bond acceptors (Lipinski definition) is 0. The zero-order chi connectivity index (χ0) is 14.5. The molecule has 110 valence electrons. The molecule has 0 radical (unpaired) electrons. The van der Waals surface area contributed by atoms with E-state index in [1.807, 2.05) is 18.3 Å². The van der Waals surface area contributed by atoms with Crippen LogP contribution in [0.25, 0.3) is 17.3 Å². The van der Waals surface area contributed by atoms with Gasteiger partial charge >= 0.3 is 0 Å². The molecule has 0 aliphatic rings. The van der Waals surface area contributed by atoms with Crippen LogP contribution < -0.4 is 17.0 Å². The summed E-state index contributed by atoms with van der Waals surface area (Å²) in [6, 6.07) is 25.3. The van der Waals surface area contributed by atoms with Crippen LogP contribution in [0.5, 0.6) is 0 Å². The smallest absolute Gasteiger partial charge is 0.191 e. The van der Waals surface area contributed by atoms with Crippen LogP contribution in [0.15, 0.2) is 85.6 Å². The van der Waals surface area contributed by atoms with Crippen LogP contribution in [-0.2, 0) is 6.42 Å². The number of aromatic nitrogens is 1. The number of nitrogens with zero attached hydrogens (tertiary/aromatic N) is 1. The second kappa shape index (κ2) is 7.58. The van der Waals surface area contributed by atoms with E-state index in [-0.39, 0.29) is 12.4 Å². The highest BCUT2D eigenvalue weighted by Gasteiger charge is 2.11. The van der Waals surface area contributed by atoms with Crippen LogP contribution >= 0.6 is 0 Å². The third-order valence-corrected chi connectivity index (χ3v) is 3.60. The average molecular weight is 308 g/mol. The predicted molar refractivity (Wildman–Crippen MR) is 87.7 cm³/mol. The van der Waals surface area contributed by atoms with Crippen LogP contribution in [0.2, 0.25) is 0 Å². The zero-order valence-corrected chi connectivity index (χ0v) is 13.1. The molecule has 0 spiro atoms. The maximum Gasteiger partial charge on any atom is 0.191 e. The van der Waals surface area contributed by atoms with Crippen molar-refractivity contribution in [2.45, 2.75) is 6.42 Å². The third-order valence-electron chi connectivity index (χ3n) is 3.60. The Morgan fingerprint density at radius 2 is 1.45 bits per heavy atom. The lowest BCUT2D eigenvalue weighted by atomic mass is 10.0. The second-order valence-electron chi connectivity index (χ2n) is 5.02. The van der Waals surface area contributed by atoms with Crippen LogP contribution in [0.3, 0.4) is 0 Å². The molecule has 0 fully saturated rings. The summed E-state index contributed by atoms with van der Waals surface area (Å²) < 4.78 is 2.08. The Bertz CT molecular complexity index is 736. The molecule has 3 aromatic rings. The van der Waals surface area contributed by atoms with Crippen LogP contribution in [0.1, 0.15) is 11.3 Å². The largest absolute Gasteiger partial charge is 1.00 e. The summed E-state index contributed by atoms with van der Waals surface area (Å²) in [5.41, 5.74) is 5.01. The van der Waals surface area contributed by atoms with E-state index in [0.29, 0.717) is 0 Å². The van der Waals surface area contributed by atoms with E-state index in [9.17, 15) is 0 Å². The van der Waals surface area contributed by atoms with Crippen LogP contribution in [0, 0.1) is 0 Å². The molecule has 0 aliphatic heterocycles. The Hall–Kier alpha value is -2.38. The summed E-state index contributed by atoms with van der Waals surface area (Å²) in [6.07, 6.45) is 4.83. The molecule has 0 unspecified atom stereocenters. The quantitative estimate of drug-likeness (QED) is 0.641. The van der Waals surface area contributed by atoms with Gasteiger partial charge in [0.25, 0.3) is 0 Å². The van der Waals surface area contributed by atoms with E-state index in [4.69, 9.17) is 0 Å². The average Bonchev–Trinajstić information content (AvgIpc) is 2.56. The Kier molecular flexibility index (Phi) is 5.51. The summed E-state index contributed by atoms with van der Waals surface area (Å²) in [7, 11) is 0. The summed E-state index contributed by atoms with van der Waals surface area (Å²) in [6.45, 7) is 3.90. The van der Waals surface area contributed by atoms with E-state index < -0.39 is 0 Å². The van der Waals surface area contributed by atoms with E-state index >= 15 is 0 Å². The fourth-order valence-corrected chi connectivity index (χ4v) is 2.49. The van der Waals surface area contributed by atoms with E-state index in [1.165, 1.54) is 22.4 Å². The Labute approximate surface area is 138 Å². The van der Waals surface area contributed by atoms with Crippen molar-refractivity contribution in [3.8, 4) is 11.1 Å². The molecule has 0 amide bonds. The van der Waals surface area contributed by atoms with E-state index in [0.717, 1.165) is 6.42 Å². The van der Waals surface area contributed by atoms with E-state index in [2.05, 4.69) is 78.0 Å². The monoisotopic (exact) mass is 307 g/mol. The topological polar surface area (TPSA) is 3.88 Å². The maximum absolute atomic E-state index is 3.90. The van der Waals surface area contributed by atoms with Gasteiger partial charge in [0.2, 0.25) is 0 Å². The lowest BCUT2D eigenvalue weighted by Crippen LogP contribution is -3.00. The molecule has 22 heavy (non-hydrogen) atoms. The fraction of sp³-hybridized carbons (Fsp3) is 0.0500. The van der Waals surface area contributed by atoms with Crippen molar-refractivity contribution in [2.24, 2.45) is 0 Å². The van der Waals surface area contributed by atoms with Crippen molar-refractivity contribution in [3.63, 3.8) is 0 Å². The lowest BCUT2D eigenvalue weighted by Gasteiger charge is -2.05. The highest BCUT2D eigenvalue weighted by molar-refractivity contribution is 5.62. The standard InChI is InChI=1S/C20H18N.ClH/c1-2-21-14-13-19(18-11-7-4-8-12-18)16-20(21)15-17-9-5-3-6-10-17;/h2-14,16H,1,15H2;1H/q+1;/p-1. The molecule has 1 aromatic heterocycles. The van der Waals surface area contributed by atoms with Gasteiger partial charge in [0.15, 0.2) is 18.1 Å². The number of benzene rings is 2. The zero-order valence-electron chi connectivity index (χ0n) is 12.3. The highest BCUT2D eigenvalue weighted by atomic mass is 35.5. The Balaban J connectivity index is 0.00000176. The molecule has 2 heteroatoms. The van der Waals surface area contributed by atoms with Crippen molar-refractivity contribution >= 4 is 6.20 Å². The SMILES string of the molecule is C=C[n+]1ccc(-c2ccccc2)cc1Cc1ccccc1.[Cl-]. The van der Waals surface area contributed by atoms with Crippen molar-refractivity contribution in [2.75, 3.05) is 0 Å². The van der Waals surface area contributed by atoms with Gasteiger partial charge in [-0.2, -0.15) is 4.57 Å². The minimum Gasteiger partial charge on any atom is -1.00 e. The minimum atomic E-state index is 0. The lowest BCUT2D eigenvalue weighted by molar-refractivity contribution is -0.576. The first-order valence-corrected chi connectivity index (χ1v) is 7.13. The molecular formula is C20H18ClN. The van der Waals surface area contributed by atoms with Crippen molar-refractivity contribution < 1.29 is 17.0 Å². The fourth-order valence-electron chi connectivity index (χ4n) is 2.49. The molecule has 1 heterocycles. The summed E-state index contributed by atoms with van der Waals surface area (Å²) in [4.78, 5) is 0. The van der Waals surface area contributed by atoms with Gasteiger partial charge in [-0.3, -0.25) is 0 Å². The number of rotatable bonds is 4. The van der Waals surface area contributed by atoms with Gasteiger partial charge in [-0.1, -0.05) is 60.7 Å². The molecule has 0 saturated carbocycles. The molecular weight excluding hydrogens is 290 g/mol. The Morgan fingerprint density at radius 3 is 2.09 bits per heavy atom. The summed E-state index contributed by atoms with van der Waals surface area (Å²) in [5, 5.41) is 0. The molecule has 0 bridgehead atoms. The summed E-state index contributed by atoms with van der Waals surface area (Å²) in [5.74, 6) is 0. The molecule has 0 N–H and O–H groups in total. The number of hydrogen-bond donors (Lipinski definition) is 0. The van der Waals surface area contributed by atoms with Gasteiger partial charge in [-0.15, -0.1) is 0 Å². The van der Waals surface area contributed by atoms with Gasteiger partial charge in [0.05, 0.1) is 6.42 Å². The predicted octanol–water partition coefficient (Wildman–Crippen LogP) is 1.34. The molecule has 1 nitrogen and oxygen atoms in total. The molecule has 0 atom stereocenters. The maximum atomic E-state index is 3.90. The number of halogens is 1. The highest BCUT2D eigenvalue weighted by Crippen LogP contribution is 2.19. The van der Waals surface area contributed by atoms with Gasteiger partial charge in [-0.05, 0) is 23.3 Å². The minimum absolute atomic E-state index is 0. The van der Waals surface area contributed by atoms with E-state index in [1.54, 1.807) is 0 Å². The first kappa shape index (κ1) is 16.0. The molecule has 0 saturated heterocycles. The van der Waals surface area contributed by atoms with Crippen LogP contribution in [0.4, 0.5) is 0 Å². The van der Waals surface area contributed by atoms with Crippen LogP contribution in [-0.4, -0.2) is 0 Å². The first-order valence-electron chi connectivity index (χ1n) is 7.13.